The summed E-state index contributed by atoms with van der Waals surface area (Å²) in [7, 11) is 1.99. The highest BCUT2D eigenvalue weighted by Crippen LogP contribution is 2.26. The molecule has 24 heavy (non-hydrogen) atoms. The first kappa shape index (κ1) is 17.5. The van der Waals surface area contributed by atoms with Gasteiger partial charge in [0.25, 0.3) is 0 Å². The van der Waals surface area contributed by atoms with E-state index < -0.39 is 0 Å². The lowest BCUT2D eigenvalue weighted by atomic mass is 9.92. The van der Waals surface area contributed by atoms with E-state index in [-0.39, 0.29) is 5.92 Å². The molecule has 2 aliphatic heterocycles. The summed E-state index contributed by atoms with van der Waals surface area (Å²) >= 11 is 5.90. The van der Waals surface area contributed by atoms with Crippen LogP contribution in [0.3, 0.4) is 0 Å². The van der Waals surface area contributed by atoms with Crippen molar-refractivity contribution in [1.82, 2.24) is 15.2 Å². The number of carbonyl (C=O) groups is 1. The number of nitrogens with one attached hydrogen (secondary N) is 1. The van der Waals surface area contributed by atoms with Crippen LogP contribution in [0, 0.1) is 11.8 Å². The zero-order valence-corrected chi connectivity index (χ0v) is 15.1. The van der Waals surface area contributed by atoms with Crippen LogP contribution in [-0.2, 0) is 4.79 Å². The summed E-state index contributed by atoms with van der Waals surface area (Å²) in [6, 6.07) is 3.83. The number of hydrogen-bond donors (Lipinski definition) is 1. The molecule has 0 aromatic carbocycles. The van der Waals surface area contributed by atoms with Gasteiger partial charge in [-0.25, -0.2) is 4.98 Å². The van der Waals surface area contributed by atoms with Crippen molar-refractivity contribution in [2.45, 2.75) is 25.7 Å². The predicted molar refractivity (Wildman–Crippen MR) is 97.4 cm³/mol. The number of hydrogen-bond acceptors (Lipinski definition) is 4. The number of rotatable bonds is 4. The molecule has 1 amide bonds. The Bertz CT molecular complexity index is 540. The summed E-state index contributed by atoms with van der Waals surface area (Å²) in [6.07, 6.45) is 5.87. The lowest BCUT2D eigenvalue weighted by molar-refractivity contribution is -0.138. The van der Waals surface area contributed by atoms with E-state index in [2.05, 4.69) is 20.1 Å². The average Bonchev–Trinajstić information content (AvgIpc) is 2.62. The van der Waals surface area contributed by atoms with Crippen molar-refractivity contribution in [3.05, 3.63) is 23.4 Å². The van der Waals surface area contributed by atoms with Crippen LogP contribution in [0.25, 0.3) is 0 Å². The van der Waals surface area contributed by atoms with Crippen molar-refractivity contribution in [2.24, 2.45) is 11.8 Å². The Kier molecular flexibility index (Phi) is 5.95. The van der Waals surface area contributed by atoms with Gasteiger partial charge in [0, 0.05) is 38.3 Å². The van der Waals surface area contributed by atoms with Crippen LogP contribution in [0.4, 0.5) is 5.82 Å². The molecule has 3 rings (SSSR count). The van der Waals surface area contributed by atoms with Crippen molar-refractivity contribution in [1.29, 1.82) is 0 Å². The second-order valence-electron chi connectivity index (χ2n) is 6.95. The molecule has 1 aromatic heterocycles. The van der Waals surface area contributed by atoms with E-state index in [4.69, 9.17) is 11.6 Å². The van der Waals surface area contributed by atoms with Crippen molar-refractivity contribution in [2.75, 3.05) is 44.7 Å². The van der Waals surface area contributed by atoms with E-state index in [1.54, 1.807) is 6.20 Å². The summed E-state index contributed by atoms with van der Waals surface area (Å²) < 4.78 is 0. The first-order valence-electron chi connectivity index (χ1n) is 8.97. The summed E-state index contributed by atoms with van der Waals surface area (Å²) in [5.41, 5.74) is 0. The molecule has 2 aliphatic rings. The molecular weight excluding hydrogens is 324 g/mol. The van der Waals surface area contributed by atoms with Gasteiger partial charge in [-0.05, 0) is 57.3 Å². The van der Waals surface area contributed by atoms with Crippen LogP contribution >= 0.6 is 11.6 Å². The summed E-state index contributed by atoms with van der Waals surface area (Å²) in [5.74, 6) is 2.09. The third-order valence-electron chi connectivity index (χ3n) is 5.20. The Labute approximate surface area is 149 Å². The number of halogens is 1. The Morgan fingerprint density at radius 2 is 2.08 bits per heavy atom. The molecule has 0 radical (unpaired) electrons. The molecule has 0 bridgehead atoms. The topological polar surface area (TPSA) is 48.5 Å². The maximum atomic E-state index is 12.8. The summed E-state index contributed by atoms with van der Waals surface area (Å²) in [5, 5.41) is 3.90. The van der Waals surface area contributed by atoms with Crippen LogP contribution in [0.15, 0.2) is 18.3 Å². The first-order chi connectivity index (χ1) is 11.7. The SMILES string of the molecule is CNC[C@@H]1CCCN(C(=O)C2CCN(c3ccc(Cl)cn3)CC2)C1. The van der Waals surface area contributed by atoms with Crippen LogP contribution < -0.4 is 10.2 Å². The second-order valence-corrected chi connectivity index (χ2v) is 7.38. The molecular formula is C18H27ClN4O. The molecule has 1 aromatic rings. The zero-order valence-electron chi connectivity index (χ0n) is 14.4. The zero-order chi connectivity index (χ0) is 16.9. The van der Waals surface area contributed by atoms with Gasteiger partial charge >= 0.3 is 0 Å². The summed E-state index contributed by atoms with van der Waals surface area (Å²) in [6.45, 7) is 4.62. The summed E-state index contributed by atoms with van der Waals surface area (Å²) in [4.78, 5) is 21.6. The van der Waals surface area contributed by atoms with E-state index in [0.717, 1.165) is 57.8 Å². The van der Waals surface area contributed by atoms with E-state index in [1.165, 1.54) is 6.42 Å². The number of carbonyl (C=O) groups excluding carboxylic acids is 1. The quantitative estimate of drug-likeness (QED) is 0.906. The van der Waals surface area contributed by atoms with Gasteiger partial charge in [0.15, 0.2) is 0 Å². The van der Waals surface area contributed by atoms with Gasteiger partial charge in [0.2, 0.25) is 5.91 Å². The number of anilines is 1. The van der Waals surface area contributed by atoms with Crippen LogP contribution in [0.1, 0.15) is 25.7 Å². The van der Waals surface area contributed by atoms with Crippen molar-refractivity contribution < 1.29 is 4.79 Å². The maximum Gasteiger partial charge on any atom is 0.225 e. The number of amides is 1. The van der Waals surface area contributed by atoms with Gasteiger partial charge in [-0.1, -0.05) is 11.6 Å². The van der Waals surface area contributed by atoms with E-state index in [9.17, 15) is 4.79 Å². The monoisotopic (exact) mass is 350 g/mol. The molecule has 1 N–H and O–H groups in total. The second kappa shape index (κ2) is 8.17. The number of aromatic nitrogens is 1. The van der Waals surface area contributed by atoms with Crippen molar-refractivity contribution >= 4 is 23.3 Å². The third kappa shape index (κ3) is 4.19. The van der Waals surface area contributed by atoms with Gasteiger partial charge in [-0.15, -0.1) is 0 Å². The van der Waals surface area contributed by atoms with E-state index >= 15 is 0 Å². The molecule has 5 nitrogen and oxygen atoms in total. The minimum atomic E-state index is 0.168. The van der Waals surface area contributed by atoms with E-state index in [0.29, 0.717) is 16.8 Å². The first-order valence-corrected chi connectivity index (χ1v) is 9.35. The van der Waals surface area contributed by atoms with Crippen LogP contribution in [0.2, 0.25) is 5.02 Å². The Balaban J connectivity index is 1.52. The molecule has 2 saturated heterocycles. The smallest absolute Gasteiger partial charge is 0.225 e. The van der Waals surface area contributed by atoms with E-state index in [1.807, 2.05) is 19.2 Å². The fourth-order valence-electron chi connectivity index (χ4n) is 3.89. The Morgan fingerprint density at radius 3 is 2.75 bits per heavy atom. The van der Waals surface area contributed by atoms with Gasteiger partial charge in [-0.2, -0.15) is 0 Å². The van der Waals surface area contributed by atoms with Gasteiger partial charge < -0.3 is 15.1 Å². The highest BCUT2D eigenvalue weighted by atomic mass is 35.5. The lowest BCUT2D eigenvalue weighted by Gasteiger charge is -2.38. The standard InChI is InChI=1S/C18H27ClN4O/c1-20-11-14-3-2-8-23(13-14)18(24)15-6-9-22(10-7-15)17-5-4-16(19)12-21-17/h4-5,12,14-15,20H,2-3,6-11,13H2,1H3/t14-/m0/s1. The molecule has 3 heterocycles. The number of piperidine rings is 2. The number of pyridine rings is 1. The largest absolute Gasteiger partial charge is 0.357 e. The lowest BCUT2D eigenvalue weighted by Crippen LogP contribution is -2.47. The molecule has 2 fully saturated rings. The highest BCUT2D eigenvalue weighted by molar-refractivity contribution is 6.30. The van der Waals surface area contributed by atoms with Gasteiger partial charge in [0.05, 0.1) is 5.02 Å². The molecule has 132 valence electrons. The van der Waals surface area contributed by atoms with Gasteiger partial charge in [-0.3, -0.25) is 4.79 Å². The predicted octanol–water partition coefficient (Wildman–Crippen LogP) is 2.41. The molecule has 1 atom stereocenters. The fourth-order valence-corrected chi connectivity index (χ4v) is 4.00. The van der Waals surface area contributed by atoms with Crippen molar-refractivity contribution in [3.63, 3.8) is 0 Å². The van der Waals surface area contributed by atoms with Crippen LogP contribution in [0.5, 0.6) is 0 Å². The molecule has 0 spiro atoms. The number of likely N-dealkylation sites (tertiary alicyclic amines) is 1. The minimum Gasteiger partial charge on any atom is -0.357 e. The maximum absolute atomic E-state index is 12.8. The normalized spacial score (nSPS) is 22.7. The average molecular weight is 351 g/mol. The molecule has 6 heteroatoms. The minimum absolute atomic E-state index is 0.168. The Morgan fingerprint density at radius 1 is 1.29 bits per heavy atom. The third-order valence-corrected chi connectivity index (χ3v) is 5.43. The highest BCUT2D eigenvalue weighted by Gasteiger charge is 2.31. The fraction of sp³-hybridized carbons (Fsp3) is 0.667. The van der Waals surface area contributed by atoms with Crippen LogP contribution in [-0.4, -0.2) is 55.6 Å². The number of nitrogens with zero attached hydrogens (tertiary/aromatic N) is 3. The Hall–Kier alpha value is -1.33. The molecule has 0 saturated carbocycles. The molecule has 0 aliphatic carbocycles. The van der Waals surface area contributed by atoms with Crippen molar-refractivity contribution in [3.8, 4) is 0 Å². The molecule has 0 unspecified atom stereocenters. The van der Waals surface area contributed by atoms with Gasteiger partial charge in [0.1, 0.15) is 5.82 Å².